The van der Waals surface area contributed by atoms with Crippen molar-refractivity contribution in [3.63, 3.8) is 0 Å². The highest BCUT2D eigenvalue weighted by Gasteiger charge is 2.34. The summed E-state index contributed by atoms with van der Waals surface area (Å²) in [6.45, 7) is 12.4. The van der Waals surface area contributed by atoms with Gasteiger partial charge in [0.25, 0.3) is 0 Å². The van der Waals surface area contributed by atoms with E-state index in [1.165, 1.54) is 0 Å². The maximum atomic E-state index is 13.3. The quantitative estimate of drug-likeness (QED) is 0.443. The first-order valence-corrected chi connectivity index (χ1v) is 11.2. The molecular formula is C25H27ClN2OS. The van der Waals surface area contributed by atoms with Gasteiger partial charge >= 0.3 is 0 Å². The molecule has 1 heterocycles. The summed E-state index contributed by atoms with van der Waals surface area (Å²) in [5.41, 5.74) is 3.24. The topological polar surface area (TPSA) is 41.8 Å². The van der Waals surface area contributed by atoms with Crippen LogP contribution in [0, 0.1) is 10.8 Å². The number of hydrogen-bond acceptors (Lipinski definition) is 4. The first-order chi connectivity index (χ1) is 14.0. The van der Waals surface area contributed by atoms with Gasteiger partial charge in [-0.2, -0.15) is 0 Å². The fraction of sp³-hybridized carbons (Fsp3) is 0.320. The standard InChI is InChI=1S/C25H27ClN2OS/c1-24(2,3)17-14-16(15-18(23(17)29)25(4,5)6)22(21-12-9-13-30-21)28-27-20-11-8-7-10-19(20)26/h7-15H,1-6H3. The van der Waals surface area contributed by atoms with Crippen LogP contribution in [0.3, 0.4) is 0 Å². The van der Waals surface area contributed by atoms with Crippen molar-refractivity contribution < 1.29 is 4.79 Å². The van der Waals surface area contributed by atoms with Crippen LogP contribution in [0.15, 0.2) is 80.9 Å². The summed E-state index contributed by atoms with van der Waals surface area (Å²) in [6, 6.07) is 11.4. The number of carbonyl (C=O) groups is 1. The van der Waals surface area contributed by atoms with E-state index in [2.05, 4.69) is 51.8 Å². The molecule has 156 valence electrons. The minimum atomic E-state index is -0.284. The fourth-order valence-electron chi connectivity index (χ4n) is 3.18. The number of benzene rings is 1. The predicted molar refractivity (Wildman–Crippen MR) is 127 cm³/mol. The van der Waals surface area contributed by atoms with Gasteiger partial charge in [-0.3, -0.25) is 4.79 Å². The molecule has 0 unspecified atom stereocenters. The first kappa shape index (κ1) is 22.4. The zero-order chi connectivity index (χ0) is 22.1. The molecule has 0 atom stereocenters. The van der Waals surface area contributed by atoms with Crippen molar-refractivity contribution in [1.29, 1.82) is 0 Å². The van der Waals surface area contributed by atoms with Crippen molar-refractivity contribution in [3.8, 4) is 0 Å². The number of ketones is 1. The summed E-state index contributed by atoms with van der Waals surface area (Å²) >= 11 is 7.86. The third-order valence-corrected chi connectivity index (χ3v) is 6.04. The van der Waals surface area contributed by atoms with Crippen LogP contribution in [0.2, 0.25) is 5.02 Å². The van der Waals surface area contributed by atoms with Gasteiger partial charge in [0.05, 0.1) is 9.90 Å². The van der Waals surface area contributed by atoms with E-state index in [0.717, 1.165) is 27.3 Å². The van der Waals surface area contributed by atoms with Crippen molar-refractivity contribution >= 4 is 40.1 Å². The Morgan fingerprint density at radius 1 is 0.900 bits per heavy atom. The number of azo groups is 1. The molecule has 1 aromatic carbocycles. The SMILES string of the molecule is CC(C)(C)C1=CC(=C(N=Nc2ccccc2Cl)c2cccs2)C=C(C(C)(C)C)C1=O. The number of allylic oxidation sites excluding steroid dienone is 5. The van der Waals surface area contributed by atoms with Crippen LogP contribution in [-0.4, -0.2) is 5.78 Å². The van der Waals surface area contributed by atoms with E-state index in [1.54, 1.807) is 17.4 Å². The van der Waals surface area contributed by atoms with Crippen molar-refractivity contribution in [3.05, 3.63) is 80.5 Å². The van der Waals surface area contributed by atoms with Gasteiger partial charge in [-0.25, -0.2) is 0 Å². The molecule has 0 fully saturated rings. The van der Waals surface area contributed by atoms with Crippen LogP contribution < -0.4 is 0 Å². The smallest absolute Gasteiger partial charge is 0.186 e. The van der Waals surface area contributed by atoms with Crippen molar-refractivity contribution in [1.82, 2.24) is 0 Å². The number of rotatable bonds is 3. The van der Waals surface area contributed by atoms with E-state index in [9.17, 15) is 4.79 Å². The molecule has 0 radical (unpaired) electrons. The maximum absolute atomic E-state index is 13.3. The van der Waals surface area contributed by atoms with E-state index in [1.807, 2.05) is 47.9 Å². The molecule has 0 saturated heterocycles. The Balaban J connectivity index is 2.26. The highest BCUT2D eigenvalue weighted by Crippen LogP contribution is 2.41. The van der Waals surface area contributed by atoms with Gasteiger partial charge in [-0.15, -0.1) is 21.6 Å². The zero-order valence-corrected chi connectivity index (χ0v) is 19.9. The molecule has 3 nitrogen and oxygen atoms in total. The molecule has 0 N–H and O–H groups in total. The summed E-state index contributed by atoms with van der Waals surface area (Å²) in [6.07, 6.45) is 3.94. The molecule has 5 heteroatoms. The molecule has 1 aromatic heterocycles. The highest BCUT2D eigenvalue weighted by molar-refractivity contribution is 7.11. The summed E-state index contributed by atoms with van der Waals surface area (Å²) < 4.78 is 0. The van der Waals surface area contributed by atoms with Gasteiger partial charge in [0.15, 0.2) is 5.78 Å². The van der Waals surface area contributed by atoms with Crippen LogP contribution in [0.1, 0.15) is 46.4 Å². The minimum absolute atomic E-state index is 0.104. The molecule has 0 spiro atoms. The van der Waals surface area contributed by atoms with E-state index < -0.39 is 0 Å². The van der Waals surface area contributed by atoms with Crippen LogP contribution in [0.25, 0.3) is 5.70 Å². The summed E-state index contributed by atoms with van der Waals surface area (Å²) in [4.78, 5) is 14.3. The van der Waals surface area contributed by atoms with Crippen LogP contribution in [0.4, 0.5) is 5.69 Å². The van der Waals surface area contributed by atoms with Crippen molar-refractivity contribution in [2.24, 2.45) is 21.1 Å². The lowest BCUT2D eigenvalue weighted by atomic mass is 9.71. The molecule has 0 saturated carbocycles. The van der Waals surface area contributed by atoms with E-state index in [4.69, 9.17) is 11.6 Å². The Hall–Kier alpha value is -2.30. The van der Waals surface area contributed by atoms with E-state index >= 15 is 0 Å². The second kappa shape index (κ2) is 8.44. The number of hydrogen-bond donors (Lipinski definition) is 0. The van der Waals surface area contributed by atoms with Crippen molar-refractivity contribution in [2.75, 3.05) is 0 Å². The molecule has 1 aliphatic carbocycles. The molecule has 1 aliphatic rings. The average molecular weight is 439 g/mol. The normalized spacial score (nSPS) is 15.4. The maximum Gasteiger partial charge on any atom is 0.186 e. The largest absolute Gasteiger partial charge is 0.289 e. The van der Waals surface area contributed by atoms with Gasteiger partial charge < -0.3 is 0 Å². The molecule has 3 rings (SSSR count). The Morgan fingerprint density at radius 3 is 2.00 bits per heavy atom. The Labute approximate surface area is 187 Å². The molecule has 2 aromatic rings. The molecule has 0 aliphatic heterocycles. The second-order valence-electron chi connectivity index (χ2n) is 9.38. The Kier molecular flexibility index (Phi) is 6.30. The fourth-order valence-corrected chi connectivity index (χ4v) is 4.08. The summed E-state index contributed by atoms with van der Waals surface area (Å²) in [5, 5.41) is 11.6. The number of carbonyl (C=O) groups excluding carboxylic acids is 1. The van der Waals surface area contributed by atoms with Crippen LogP contribution >= 0.6 is 22.9 Å². The van der Waals surface area contributed by atoms with Gasteiger partial charge in [0.1, 0.15) is 11.4 Å². The Morgan fingerprint density at radius 2 is 1.50 bits per heavy atom. The second-order valence-corrected chi connectivity index (χ2v) is 10.7. The highest BCUT2D eigenvalue weighted by atomic mass is 35.5. The number of halogens is 1. The van der Waals surface area contributed by atoms with Crippen LogP contribution in [-0.2, 0) is 4.79 Å². The minimum Gasteiger partial charge on any atom is -0.289 e. The summed E-state index contributed by atoms with van der Waals surface area (Å²) in [7, 11) is 0. The third kappa shape index (κ3) is 4.88. The van der Waals surface area contributed by atoms with Gasteiger partial charge in [0, 0.05) is 16.7 Å². The first-order valence-electron chi connectivity index (χ1n) is 9.92. The molecule has 30 heavy (non-hydrogen) atoms. The number of thiophene rings is 1. The van der Waals surface area contributed by atoms with Crippen LogP contribution in [0.5, 0.6) is 0 Å². The summed E-state index contributed by atoms with van der Waals surface area (Å²) in [5.74, 6) is 0.104. The predicted octanol–water partition coefficient (Wildman–Crippen LogP) is 8.42. The Bertz CT molecular complexity index is 1040. The van der Waals surface area contributed by atoms with Gasteiger partial charge in [0.2, 0.25) is 0 Å². The lowest BCUT2D eigenvalue weighted by Gasteiger charge is -2.31. The van der Waals surface area contributed by atoms with Gasteiger partial charge in [-0.05, 0) is 46.6 Å². The van der Waals surface area contributed by atoms with Gasteiger partial charge in [-0.1, -0.05) is 71.3 Å². The third-order valence-electron chi connectivity index (χ3n) is 4.84. The lowest BCUT2D eigenvalue weighted by Crippen LogP contribution is -2.28. The number of nitrogens with zero attached hydrogens (tertiary/aromatic N) is 2. The monoisotopic (exact) mass is 438 g/mol. The molecule has 0 amide bonds. The van der Waals surface area contributed by atoms with E-state index in [0.29, 0.717) is 10.7 Å². The molecule has 0 bridgehead atoms. The average Bonchev–Trinajstić information content (AvgIpc) is 3.16. The number of Topliss-reactive ketones (excluding diaryl/α,β-unsaturated/α-hetero) is 1. The lowest BCUT2D eigenvalue weighted by molar-refractivity contribution is -0.114. The van der Waals surface area contributed by atoms with E-state index in [-0.39, 0.29) is 16.6 Å². The molecular weight excluding hydrogens is 412 g/mol. The zero-order valence-electron chi connectivity index (χ0n) is 18.3. The van der Waals surface area contributed by atoms with Crippen molar-refractivity contribution in [2.45, 2.75) is 41.5 Å².